The molecule has 1 amide bonds. The summed E-state index contributed by atoms with van der Waals surface area (Å²) in [5.74, 6) is 0.759. The van der Waals surface area contributed by atoms with Crippen LogP contribution >= 0.6 is 0 Å². The Labute approximate surface area is 213 Å². The van der Waals surface area contributed by atoms with Crippen LogP contribution in [0.4, 0.5) is 0 Å². The van der Waals surface area contributed by atoms with Crippen LogP contribution in [0.1, 0.15) is 80.6 Å². The van der Waals surface area contributed by atoms with Gasteiger partial charge in [0.2, 0.25) is 5.76 Å². The number of amides is 1. The second-order valence-corrected chi connectivity index (χ2v) is 9.43. The highest BCUT2D eigenvalue weighted by Crippen LogP contribution is 2.38. The quantitative estimate of drug-likeness (QED) is 0.274. The minimum Gasteiger partial charge on any atom is -0.494 e. The Morgan fingerprint density at radius 2 is 1.67 bits per heavy atom. The Kier molecular flexibility index (Phi) is 8.81. The maximum Gasteiger partial charge on any atom is 0.290 e. The highest BCUT2D eigenvalue weighted by molar-refractivity contribution is 5.99. The molecular weight excluding hydrogens is 452 g/mol. The molecule has 6 heteroatoms. The van der Waals surface area contributed by atoms with Gasteiger partial charge in [-0.1, -0.05) is 64.3 Å². The van der Waals surface area contributed by atoms with Crippen molar-refractivity contribution < 1.29 is 13.9 Å². The number of carbonyl (C=O) groups is 1. The average Bonchev–Trinajstić information content (AvgIpc) is 3.18. The zero-order valence-corrected chi connectivity index (χ0v) is 21.8. The molecule has 0 spiro atoms. The monoisotopic (exact) mass is 490 g/mol. The second-order valence-electron chi connectivity index (χ2n) is 9.43. The molecule has 1 aromatic heterocycles. The molecule has 6 nitrogen and oxygen atoms in total. The number of ether oxygens (including phenoxy) is 1. The summed E-state index contributed by atoms with van der Waals surface area (Å²) in [4.78, 5) is 31.3. The van der Waals surface area contributed by atoms with Crippen molar-refractivity contribution in [3.05, 3.63) is 75.6 Å². The van der Waals surface area contributed by atoms with E-state index in [2.05, 4.69) is 25.7 Å². The fraction of sp³-hybridized carbons (Fsp3) is 0.467. The number of rotatable bonds is 13. The lowest BCUT2D eigenvalue weighted by Gasteiger charge is -2.26. The number of hydrogen-bond acceptors (Lipinski definition) is 5. The minimum atomic E-state index is -0.469. The van der Waals surface area contributed by atoms with Crippen molar-refractivity contribution in [2.24, 2.45) is 0 Å². The molecule has 192 valence electrons. The lowest BCUT2D eigenvalue weighted by Crippen LogP contribution is -2.33. The minimum absolute atomic E-state index is 0.132. The molecule has 2 heterocycles. The average molecular weight is 491 g/mol. The first-order valence-corrected chi connectivity index (χ1v) is 13.4. The molecule has 0 bridgehead atoms. The Balaban J connectivity index is 1.63. The van der Waals surface area contributed by atoms with Crippen molar-refractivity contribution in [1.29, 1.82) is 0 Å². The fourth-order valence-electron chi connectivity index (χ4n) is 5.01. The fourth-order valence-corrected chi connectivity index (χ4v) is 5.01. The molecule has 0 N–H and O–H groups in total. The topological polar surface area (TPSA) is 63.0 Å². The number of carbonyl (C=O) groups excluding carboxylic acids is 1. The number of benzene rings is 2. The van der Waals surface area contributed by atoms with E-state index in [1.807, 2.05) is 36.4 Å². The molecule has 0 saturated carbocycles. The number of para-hydroxylation sites is 1. The molecule has 3 aromatic rings. The normalized spacial score (nSPS) is 15.2. The van der Waals surface area contributed by atoms with E-state index >= 15 is 0 Å². The van der Waals surface area contributed by atoms with E-state index in [9.17, 15) is 9.59 Å². The van der Waals surface area contributed by atoms with E-state index in [0.29, 0.717) is 29.7 Å². The smallest absolute Gasteiger partial charge is 0.290 e. The second kappa shape index (κ2) is 12.2. The Bertz CT molecular complexity index is 1210. The third kappa shape index (κ3) is 5.49. The summed E-state index contributed by atoms with van der Waals surface area (Å²) in [7, 11) is 0. The third-order valence-electron chi connectivity index (χ3n) is 7.10. The largest absolute Gasteiger partial charge is 0.494 e. The third-order valence-corrected chi connectivity index (χ3v) is 7.10. The zero-order chi connectivity index (χ0) is 25.5. The highest BCUT2D eigenvalue weighted by Gasteiger charge is 2.42. The van der Waals surface area contributed by atoms with Crippen LogP contribution in [0, 0.1) is 0 Å². The van der Waals surface area contributed by atoms with Gasteiger partial charge >= 0.3 is 0 Å². The first-order chi connectivity index (χ1) is 17.6. The first kappa shape index (κ1) is 26.0. The molecule has 0 radical (unpaired) electrons. The van der Waals surface area contributed by atoms with Crippen LogP contribution < -0.4 is 10.2 Å². The lowest BCUT2D eigenvalue weighted by molar-refractivity contribution is 0.0720. The first-order valence-electron chi connectivity index (χ1n) is 13.4. The van der Waals surface area contributed by atoms with E-state index in [1.54, 1.807) is 17.0 Å². The van der Waals surface area contributed by atoms with Crippen LogP contribution in [0.25, 0.3) is 11.0 Å². The van der Waals surface area contributed by atoms with E-state index < -0.39 is 6.04 Å². The van der Waals surface area contributed by atoms with Gasteiger partial charge in [-0.25, -0.2) is 0 Å². The molecule has 0 saturated heterocycles. The lowest BCUT2D eigenvalue weighted by atomic mass is 9.98. The molecule has 1 unspecified atom stereocenters. The number of nitrogens with zero attached hydrogens (tertiary/aromatic N) is 2. The van der Waals surface area contributed by atoms with Gasteiger partial charge in [0.1, 0.15) is 11.3 Å². The van der Waals surface area contributed by atoms with Gasteiger partial charge in [-0.2, -0.15) is 0 Å². The SMILES string of the molecule is CCCCCCOc1ccc(C2c3c(oc4ccccc4c3=O)C(=O)N2CCCN(CC)CC)cc1. The van der Waals surface area contributed by atoms with Crippen molar-refractivity contribution in [1.82, 2.24) is 9.80 Å². The standard InChI is InChI=1S/C30H38N2O4/c1-4-7-8-11-21-35-23-17-15-22(16-18-23)27-26-28(33)24-13-9-10-14-25(24)36-29(26)30(34)32(27)20-12-19-31(5-2)6-3/h9-10,13-18,27H,4-8,11-12,19-21H2,1-3H3. The van der Waals surface area contributed by atoms with Crippen LogP contribution in [0.2, 0.25) is 0 Å². The van der Waals surface area contributed by atoms with E-state index in [0.717, 1.165) is 43.8 Å². The summed E-state index contributed by atoms with van der Waals surface area (Å²) in [6, 6.07) is 14.5. The summed E-state index contributed by atoms with van der Waals surface area (Å²) in [6.45, 7) is 10.6. The van der Waals surface area contributed by atoms with Crippen LogP contribution in [-0.2, 0) is 0 Å². The molecule has 1 atom stereocenters. The van der Waals surface area contributed by atoms with Gasteiger partial charge in [-0.15, -0.1) is 0 Å². The van der Waals surface area contributed by atoms with Crippen LogP contribution in [0.5, 0.6) is 5.75 Å². The molecule has 4 rings (SSSR count). The Morgan fingerprint density at radius 1 is 0.917 bits per heavy atom. The summed E-state index contributed by atoms with van der Waals surface area (Å²) < 4.78 is 12.0. The molecule has 2 aromatic carbocycles. The van der Waals surface area contributed by atoms with Crippen molar-refractivity contribution in [2.75, 3.05) is 32.8 Å². The van der Waals surface area contributed by atoms with Gasteiger partial charge in [-0.3, -0.25) is 9.59 Å². The van der Waals surface area contributed by atoms with Gasteiger partial charge in [-0.05, 0) is 62.3 Å². The number of hydrogen-bond donors (Lipinski definition) is 0. The molecule has 0 aliphatic carbocycles. The molecular formula is C30H38N2O4. The Hall–Kier alpha value is -3.12. The van der Waals surface area contributed by atoms with Crippen molar-refractivity contribution >= 4 is 16.9 Å². The number of unbranched alkanes of at least 4 members (excludes halogenated alkanes) is 3. The predicted molar refractivity (Wildman–Crippen MR) is 144 cm³/mol. The van der Waals surface area contributed by atoms with Crippen LogP contribution in [0.15, 0.2) is 57.7 Å². The predicted octanol–water partition coefficient (Wildman–Crippen LogP) is 6.03. The molecule has 1 aliphatic rings. The van der Waals surface area contributed by atoms with Gasteiger partial charge in [0.15, 0.2) is 5.43 Å². The molecule has 0 fully saturated rings. The number of fused-ring (bicyclic) bond motifs is 2. The van der Waals surface area contributed by atoms with Gasteiger partial charge < -0.3 is 19.0 Å². The summed E-state index contributed by atoms with van der Waals surface area (Å²) in [5.41, 5.74) is 1.65. The maximum atomic E-state index is 13.6. The van der Waals surface area contributed by atoms with E-state index in [4.69, 9.17) is 9.15 Å². The van der Waals surface area contributed by atoms with Crippen molar-refractivity contribution in [3.63, 3.8) is 0 Å². The zero-order valence-electron chi connectivity index (χ0n) is 21.8. The highest BCUT2D eigenvalue weighted by atomic mass is 16.5. The van der Waals surface area contributed by atoms with Crippen LogP contribution in [-0.4, -0.2) is 48.5 Å². The van der Waals surface area contributed by atoms with Crippen LogP contribution in [0.3, 0.4) is 0 Å². The summed E-state index contributed by atoms with van der Waals surface area (Å²) >= 11 is 0. The van der Waals surface area contributed by atoms with Gasteiger partial charge in [0.25, 0.3) is 5.91 Å². The maximum absolute atomic E-state index is 13.6. The van der Waals surface area contributed by atoms with E-state index in [1.165, 1.54) is 19.3 Å². The molecule has 36 heavy (non-hydrogen) atoms. The van der Waals surface area contributed by atoms with Gasteiger partial charge in [0, 0.05) is 6.54 Å². The van der Waals surface area contributed by atoms with Crippen molar-refractivity contribution in [2.45, 2.75) is 58.9 Å². The van der Waals surface area contributed by atoms with E-state index in [-0.39, 0.29) is 17.1 Å². The summed E-state index contributed by atoms with van der Waals surface area (Å²) in [5, 5.41) is 0.506. The van der Waals surface area contributed by atoms with Gasteiger partial charge in [0.05, 0.1) is 23.6 Å². The summed E-state index contributed by atoms with van der Waals surface area (Å²) in [6.07, 6.45) is 5.45. The molecule has 1 aliphatic heterocycles. The van der Waals surface area contributed by atoms with Crippen molar-refractivity contribution in [3.8, 4) is 5.75 Å². The Morgan fingerprint density at radius 3 is 2.39 bits per heavy atom.